The number of carbonyl (C=O) groups excluding carboxylic acids is 2. The van der Waals surface area contributed by atoms with Crippen LogP contribution in [0, 0.1) is 0 Å². The third-order valence-electron chi connectivity index (χ3n) is 12.6. The van der Waals surface area contributed by atoms with Crippen molar-refractivity contribution in [3.63, 3.8) is 0 Å². The van der Waals surface area contributed by atoms with Crippen LogP contribution in [0.5, 0.6) is 23.0 Å². The second-order valence-electron chi connectivity index (χ2n) is 18.0. The van der Waals surface area contributed by atoms with Gasteiger partial charge in [0.1, 0.15) is 30.8 Å². The van der Waals surface area contributed by atoms with E-state index in [0.717, 1.165) is 80.4 Å². The largest absolute Gasteiger partial charge is 0.498 e. The Labute approximate surface area is 384 Å². The highest BCUT2D eigenvalue weighted by molar-refractivity contribution is 9.10. The summed E-state index contributed by atoms with van der Waals surface area (Å²) in [4.78, 5) is 34.5. The van der Waals surface area contributed by atoms with E-state index in [9.17, 15) is 9.59 Å². The van der Waals surface area contributed by atoms with E-state index in [-0.39, 0.29) is 30.6 Å². The maximum Gasteiger partial charge on any atom is 0.498 e. The summed E-state index contributed by atoms with van der Waals surface area (Å²) in [6.07, 6.45) is -0.611. The first kappa shape index (κ1) is 46.0. The molecule has 0 aliphatic carbocycles. The number of piperazine rings is 2. The van der Waals surface area contributed by atoms with Crippen molar-refractivity contribution in [3.05, 3.63) is 88.2 Å². The third kappa shape index (κ3) is 11.1. The summed E-state index contributed by atoms with van der Waals surface area (Å²) in [6.45, 7) is 19.0. The zero-order chi connectivity index (χ0) is 45.0. The zero-order valence-corrected chi connectivity index (χ0v) is 39.2. The van der Waals surface area contributed by atoms with Crippen molar-refractivity contribution in [1.29, 1.82) is 0 Å². The van der Waals surface area contributed by atoms with Crippen molar-refractivity contribution in [1.82, 2.24) is 30.2 Å². The molecule has 0 bridgehead atoms. The number of halogens is 1. The van der Waals surface area contributed by atoms with Crippen LogP contribution >= 0.6 is 15.9 Å². The molecule has 344 valence electrons. The van der Waals surface area contributed by atoms with Gasteiger partial charge in [0.15, 0.2) is 40.6 Å². The molecule has 2 aromatic heterocycles. The molecule has 16 nitrogen and oxygen atoms in total. The molecule has 2 aromatic carbocycles. The van der Waals surface area contributed by atoms with Gasteiger partial charge in [-0.25, -0.2) is 0 Å². The van der Waals surface area contributed by atoms with Crippen molar-refractivity contribution >= 4 is 40.3 Å². The molecule has 9 rings (SSSR count). The Hall–Kier alpha value is -4.56. The summed E-state index contributed by atoms with van der Waals surface area (Å²) in [5, 5.41) is 5.79. The number of furan rings is 2. The number of fused-ring (bicyclic) bond motifs is 2. The fourth-order valence-corrected chi connectivity index (χ4v) is 8.26. The fourth-order valence-electron chi connectivity index (χ4n) is 7.82. The standard InChI is InChI=1S/C26H36BN3O6.C20H24BrN3O4/c1-25(2)26(3,4)36-27(35-25)20-7-6-8-21-23(20)34-19(17-32-21)15-28-24(31)22-10-9-18(33-22)16-30-13-11-29(5)12-14-30;1-23-7-9-24(10-8-23)12-14-5-6-18(27-14)20(25)22-11-15-13-26-17-4-2-3-16(21)19(17)28-15/h6-10,19H,11-17H2,1-5H3,(H,28,31);2-6,15H,7-13H2,1H3,(H,22,25). The van der Waals surface area contributed by atoms with Crippen molar-refractivity contribution in [2.75, 3.05) is 92.8 Å². The molecule has 3 saturated heterocycles. The van der Waals surface area contributed by atoms with Crippen LogP contribution in [-0.4, -0.2) is 155 Å². The minimum atomic E-state index is -0.566. The maximum absolute atomic E-state index is 12.7. The highest BCUT2D eigenvalue weighted by atomic mass is 79.9. The Kier molecular flexibility index (Phi) is 14.3. The SMILES string of the molecule is CN1CCN(Cc2ccc(C(=O)NCC3COc4cccc(B5OC(C)(C)C(C)(C)O5)c4O3)o2)CC1.CN1CCN(Cc2ccc(C(=O)NCC3COc4cccc(Br)c4O3)o2)CC1. The molecule has 7 heterocycles. The van der Waals surface area contributed by atoms with E-state index < -0.39 is 18.3 Å². The second-order valence-corrected chi connectivity index (χ2v) is 18.9. The number of nitrogens with one attached hydrogen (secondary N) is 2. The smallest absolute Gasteiger partial charge is 0.486 e. The van der Waals surface area contributed by atoms with Crippen LogP contribution in [0.15, 0.2) is 74.0 Å². The highest BCUT2D eigenvalue weighted by Gasteiger charge is 2.53. The number of likely N-dealkylation sites (N-methyl/N-ethyl adjacent to an activating group) is 2. The lowest BCUT2D eigenvalue weighted by Gasteiger charge is -2.32. The van der Waals surface area contributed by atoms with Crippen LogP contribution in [0.1, 0.15) is 60.3 Å². The summed E-state index contributed by atoms with van der Waals surface area (Å²) in [6, 6.07) is 18.6. The topological polar surface area (TPSA) is 153 Å². The minimum absolute atomic E-state index is 0.244. The van der Waals surface area contributed by atoms with E-state index in [4.69, 9.17) is 37.1 Å². The number of nitrogens with zero attached hydrogens (tertiary/aromatic N) is 4. The number of rotatable bonds is 11. The summed E-state index contributed by atoms with van der Waals surface area (Å²) in [7, 11) is 3.69. The molecule has 0 spiro atoms. The summed E-state index contributed by atoms with van der Waals surface area (Å²) in [5.74, 6) is 4.32. The molecule has 3 fully saturated rings. The lowest BCUT2D eigenvalue weighted by molar-refractivity contribution is 0.00578. The monoisotopic (exact) mass is 946 g/mol. The lowest BCUT2D eigenvalue weighted by atomic mass is 9.78. The Balaban J connectivity index is 0.000000181. The van der Waals surface area contributed by atoms with Gasteiger partial charge in [0, 0.05) is 57.8 Å². The molecular formula is C46H60BBrN6O10. The van der Waals surface area contributed by atoms with Gasteiger partial charge in [0.25, 0.3) is 11.8 Å². The van der Waals surface area contributed by atoms with Gasteiger partial charge in [-0.05, 0) is 100 Å². The van der Waals surface area contributed by atoms with Crippen molar-refractivity contribution in [2.45, 2.75) is 64.2 Å². The Morgan fingerprint density at radius 2 is 1.09 bits per heavy atom. The highest BCUT2D eigenvalue weighted by Crippen LogP contribution is 2.40. The summed E-state index contributed by atoms with van der Waals surface area (Å²) >= 11 is 3.46. The van der Waals surface area contributed by atoms with E-state index >= 15 is 0 Å². The molecule has 5 aliphatic heterocycles. The third-order valence-corrected chi connectivity index (χ3v) is 13.2. The number of amides is 2. The first-order valence-electron chi connectivity index (χ1n) is 22.1. The molecule has 2 N–H and O–H groups in total. The van der Waals surface area contributed by atoms with E-state index in [1.807, 2.05) is 76.2 Å². The van der Waals surface area contributed by atoms with Crippen molar-refractivity contribution in [2.24, 2.45) is 0 Å². The van der Waals surface area contributed by atoms with Crippen molar-refractivity contribution in [3.8, 4) is 23.0 Å². The van der Waals surface area contributed by atoms with Crippen LogP contribution in [-0.2, 0) is 22.4 Å². The molecule has 2 amide bonds. The number of carbonyl (C=O) groups is 2. The summed E-state index contributed by atoms with van der Waals surface area (Å²) < 4.78 is 48.7. The quantitative estimate of drug-likeness (QED) is 0.206. The van der Waals surface area contributed by atoms with Crippen LogP contribution in [0.25, 0.3) is 0 Å². The van der Waals surface area contributed by atoms with Gasteiger partial charge in [-0.3, -0.25) is 19.4 Å². The van der Waals surface area contributed by atoms with Crippen LogP contribution in [0.2, 0.25) is 0 Å². The molecule has 4 aromatic rings. The van der Waals surface area contributed by atoms with Gasteiger partial charge in [-0.2, -0.15) is 0 Å². The number of hydrogen-bond acceptors (Lipinski definition) is 14. The number of hydrogen-bond donors (Lipinski definition) is 2. The van der Waals surface area contributed by atoms with Gasteiger partial charge >= 0.3 is 7.12 Å². The molecule has 18 heteroatoms. The molecule has 2 unspecified atom stereocenters. The van der Waals surface area contributed by atoms with E-state index in [1.54, 1.807) is 12.1 Å². The number of benzene rings is 2. The van der Waals surface area contributed by atoms with Gasteiger partial charge < -0.3 is 57.5 Å². The fraction of sp³-hybridized carbons (Fsp3) is 0.522. The van der Waals surface area contributed by atoms with Gasteiger partial charge in [-0.1, -0.05) is 18.2 Å². The number of para-hydroxylation sites is 2. The second kappa shape index (κ2) is 19.9. The molecule has 5 aliphatic rings. The first-order chi connectivity index (χ1) is 30.7. The van der Waals surface area contributed by atoms with E-state index in [2.05, 4.69) is 60.3 Å². The van der Waals surface area contributed by atoms with Gasteiger partial charge in [0.2, 0.25) is 0 Å². The molecule has 0 saturated carbocycles. The predicted molar refractivity (Wildman–Crippen MR) is 244 cm³/mol. The van der Waals surface area contributed by atoms with Gasteiger partial charge in [0.05, 0.1) is 41.9 Å². The normalized spacial score (nSPS) is 22.1. The lowest BCUT2D eigenvalue weighted by Crippen LogP contribution is -2.44. The minimum Gasteiger partial charge on any atom is -0.486 e. The summed E-state index contributed by atoms with van der Waals surface area (Å²) in [5.41, 5.74) is -0.146. The molecule has 0 radical (unpaired) electrons. The van der Waals surface area contributed by atoms with Crippen LogP contribution < -0.4 is 35.0 Å². The first-order valence-corrected chi connectivity index (χ1v) is 22.9. The molecule has 2 atom stereocenters. The average molecular weight is 948 g/mol. The van der Waals surface area contributed by atoms with Gasteiger partial charge in [-0.15, -0.1) is 0 Å². The van der Waals surface area contributed by atoms with E-state index in [1.165, 1.54) is 0 Å². The van der Waals surface area contributed by atoms with Crippen molar-refractivity contribution < 1.29 is 46.7 Å². The molecular weight excluding hydrogens is 887 g/mol. The molecule has 64 heavy (non-hydrogen) atoms. The predicted octanol–water partition coefficient (Wildman–Crippen LogP) is 4.26. The van der Waals surface area contributed by atoms with Crippen LogP contribution in [0.3, 0.4) is 0 Å². The number of ether oxygens (including phenoxy) is 4. The van der Waals surface area contributed by atoms with Crippen LogP contribution in [0.4, 0.5) is 0 Å². The maximum atomic E-state index is 12.7. The average Bonchev–Trinajstić information content (AvgIpc) is 4.01. The zero-order valence-electron chi connectivity index (χ0n) is 37.7. The Morgan fingerprint density at radius 1 is 0.641 bits per heavy atom. The Morgan fingerprint density at radius 3 is 1.59 bits per heavy atom. The Bertz CT molecular complexity index is 2220. The van der Waals surface area contributed by atoms with E-state index in [0.29, 0.717) is 60.8 Å².